The number of aliphatic imine (C=N–C) groups is 1. The number of hydrogen-bond acceptors (Lipinski definition) is 3. The summed E-state index contributed by atoms with van der Waals surface area (Å²) in [5, 5.41) is 8.98. The molecule has 10 heteroatoms. The maximum Gasteiger partial charge on any atom is 0.401 e. The molecule has 1 heterocycles. The van der Waals surface area contributed by atoms with Gasteiger partial charge >= 0.3 is 6.18 Å². The number of carbonyl (C=O) groups excluding carboxylic acids is 1. The highest BCUT2D eigenvalue weighted by Gasteiger charge is 2.34. The first-order valence-electron chi connectivity index (χ1n) is 8.06. The van der Waals surface area contributed by atoms with E-state index < -0.39 is 18.1 Å². The molecule has 1 rings (SSSR count). The minimum atomic E-state index is -4.17. The smallest absolute Gasteiger partial charge is 0.355 e. The van der Waals surface area contributed by atoms with Crippen LogP contribution in [0.4, 0.5) is 13.2 Å². The zero-order chi connectivity index (χ0) is 18.4. The average molecular weight is 479 g/mol. The third-order valence-corrected chi connectivity index (χ3v) is 3.62. The molecule has 6 nitrogen and oxygen atoms in total. The van der Waals surface area contributed by atoms with Crippen LogP contribution in [-0.4, -0.2) is 68.8 Å². The number of nitrogens with zero attached hydrogens (tertiary/aromatic N) is 2. The molecule has 0 saturated carbocycles. The highest BCUT2D eigenvalue weighted by Crippen LogP contribution is 2.19. The van der Waals surface area contributed by atoms with Gasteiger partial charge in [0.2, 0.25) is 5.91 Å². The van der Waals surface area contributed by atoms with Crippen molar-refractivity contribution < 1.29 is 18.0 Å². The Bertz CT molecular complexity index is 451. The van der Waals surface area contributed by atoms with Crippen molar-refractivity contribution in [3.05, 3.63) is 0 Å². The highest BCUT2D eigenvalue weighted by molar-refractivity contribution is 14.0. The predicted octanol–water partition coefficient (Wildman–Crippen LogP) is 1.57. The number of guanidine groups is 1. The Morgan fingerprint density at radius 3 is 2.32 bits per heavy atom. The van der Waals surface area contributed by atoms with Crippen LogP contribution in [0.2, 0.25) is 0 Å². The number of alkyl halides is 3. The number of nitrogens with one attached hydrogen (secondary N) is 3. The summed E-state index contributed by atoms with van der Waals surface area (Å²) in [6, 6.07) is -0.0669. The van der Waals surface area contributed by atoms with Crippen LogP contribution in [0.5, 0.6) is 0 Å². The van der Waals surface area contributed by atoms with Crippen molar-refractivity contribution in [1.82, 2.24) is 20.9 Å². The van der Waals surface area contributed by atoms with Gasteiger partial charge in [0, 0.05) is 44.7 Å². The standard InChI is InChI=1S/C15H28F3N5O.HI/c1-14(2,3)12(24)20-6-7-21-13(19-4)22-11-5-8-23(9-11)10-15(16,17)18;/h11H,5-10H2,1-4H3,(H,20,24)(H2,19,21,22);1H. The van der Waals surface area contributed by atoms with Crippen molar-refractivity contribution in [3.63, 3.8) is 0 Å². The Morgan fingerprint density at radius 1 is 1.20 bits per heavy atom. The second-order valence-corrected chi connectivity index (χ2v) is 6.99. The van der Waals surface area contributed by atoms with Crippen LogP contribution in [0.25, 0.3) is 0 Å². The molecule has 0 bridgehead atoms. The van der Waals surface area contributed by atoms with Crippen LogP contribution in [0.1, 0.15) is 27.2 Å². The van der Waals surface area contributed by atoms with Crippen molar-refractivity contribution in [3.8, 4) is 0 Å². The van der Waals surface area contributed by atoms with E-state index in [1.807, 2.05) is 20.8 Å². The average Bonchev–Trinajstić information content (AvgIpc) is 2.85. The molecule has 1 unspecified atom stereocenters. The predicted molar refractivity (Wildman–Crippen MR) is 103 cm³/mol. The molecule has 1 atom stereocenters. The maximum atomic E-state index is 12.4. The van der Waals surface area contributed by atoms with Crippen molar-refractivity contribution >= 4 is 35.8 Å². The second-order valence-electron chi connectivity index (χ2n) is 6.99. The molecule has 1 saturated heterocycles. The summed E-state index contributed by atoms with van der Waals surface area (Å²) in [5.74, 6) is 0.490. The van der Waals surface area contributed by atoms with Crippen molar-refractivity contribution in [1.29, 1.82) is 0 Å². The Morgan fingerprint density at radius 2 is 1.80 bits per heavy atom. The zero-order valence-corrected chi connectivity index (χ0v) is 17.5. The normalized spacial score (nSPS) is 19.3. The first kappa shape index (κ1) is 24.2. The van der Waals surface area contributed by atoms with Crippen molar-refractivity contribution in [2.75, 3.05) is 39.8 Å². The van der Waals surface area contributed by atoms with E-state index >= 15 is 0 Å². The van der Waals surface area contributed by atoms with Gasteiger partial charge in [-0.3, -0.25) is 14.7 Å². The number of hydrogen-bond donors (Lipinski definition) is 3. The van der Waals surface area contributed by atoms with Gasteiger partial charge in [0.25, 0.3) is 0 Å². The molecule has 0 spiro atoms. The minimum absolute atomic E-state index is 0. The fraction of sp³-hybridized carbons (Fsp3) is 0.867. The van der Waals surface area contributed by atoms with Gasteiger partial charge in [0.05, 0.1) is 6.54 Å². The molecule has 1 fully saturated rings. The van der Waals surface area contributed by atoms with Gasteiger partial charge in [-0.1, -0.05) is 20.8 Å². The highest BCUT2D eigenvalue weighted by atomic mass is 127. The lowest BCUT2D eigenvalue weighted by atomic mass is 9.96. The van der Waals surface area contributed by atoms with E-state index in [2.05, 4.69) is 20.9 Å². The van der Waals surface area contributed by atoms with Gasteiger partial charge in [-0.2, -0.15) is 13.2 Å². The summed E-state index contributed by atoms with van der Waals surface area (Å²) in [4.78, 5) is 17.2. The molecule has 25 heavy (non-hydrogen) atoms. The van der Waals surface area contributed by atoms with Gasteiger partial charge in [0.1, 0.15) is 0 Å². The molecule has 0 aliphatic carbocycles. The molecule has 0 radical (unpaired) electrons. The van der Waals surface area contributed by atoms with Crippen LogP contribution in [0.3, 0.4) is 0 Å². The second kappa shape index (κ2) is 10.4. The van der Waals surface area contributed by atoms with Crippen LogP contribution >= 0.6 is 24.0 Å². The zero-order valence-electron chi connectivity index (χ0n) is 15.2. The third-order valence-electron chi connectivity index (χ3n) is 3.62. The Balaban J connectivity index is 0.00000576. The SMILES string of the molecule is CN=C(NCCNC(=O)C(C)(C)C)NC1CCN(CC(F)(F)F)C1.I. The van der Waals surface area contributed by atoms with E-state index in [1.54, 1.807) is 7.05 Å². The lowest BCUT2D eigenvalue weighted by molar-refractivity contribution is -0.143. The maximum absolute atomic E-state index is 12.4. The van der Waals surface area contributed by atoms with Gasteiger partial charge < -0.3 is 16.0 Å². The van der Waals surface area contributed by atoms with E-state index in [-0.39, 0.29) is 35.9 Å². The van der Waals surface area contributed by atoms with Crippen molar-refractivity contribution in [2.45, 2.75) is 39.4 Å². The summed E-state index contributed by atoms with van der Waals surface area (Å²) < 4.78 is 37.2. The Hall–Kier alpha value is -0.780. The molecule has 148 valence electrons. The van der Waals surface area contributed by atoms with Crippen LogP contribution in [0.15, 0.2) is 4.99 Å². The first-order valence-corrected chi connectivity index (χ1v) is 8.06. The molecule has 0 aromatic rings. The van der Waals surface area contributed by atoms with Gasteiger partial charge in [-0.15, -0.1) is 24.0 Å². The molecule has 3 N–H and O–H groups in total. The number of amides is 1. The van der Waals surface area contributed by atoms with E-state index in [9.17, 15) is 18.0 Å². The summed E-state index contributed by atoms with van der Waals surface area (Å²) in [6.45, 7) is 6.31. The number of carbonyl (C=O) groups is 1. The monoisotopic (exact) mass is 479 g/mol. The van der Waals surface area contributed by atoms with Gasteiger partial charge in [-0.05, 0) is 6.42 Å². The van der Waals surface area contributed by atoms with E-state index in [4.69, 9.17) is 0 Å². The quantitative estimate of drug-likeness (QED) is 0.243. The first-order chi connectivity index (χ1) is 11.0. The number of halogens is 4. The summed E-state index contributed by atoms with van der Waals surface area (Å²) in [7, 11) is 1.60. The minimum Gasteiger partial charge on any atom is -0.355 e. The Labute approximate surface area is 164 Å². The largest absolute Gasteiger partial charge is 0.401 e. The molecule has 1 aliphatic heterocycles. The lowest BCUT2D eigenvalue weighted by Crippen LogP contribution is -2.47. The topological polar surface area (TPSA) is 68.8 Å². The van der Waals surface area contributed by atoms with Gasteiger partial charge in [-0.25, -0.2) is 0 Å². The van der Waals surface area contributed by atoms with E-state index in [0.717, 1.165) is 0 Å². The molecule has 0 aromatic carbocycles. The number of rotatable bonds is 5. The molecule has 0 aromatic heterocycles. The summed E-state index contributed by atoms with van der Waals surface area (Å²) in [6.07, 6.45) is -3.53. The lowest BCUT2D eigenvalue weighted by Gasteiger charge is -2.20. The van der Waals surface area contributed by atoms with Crippen molar-refractivity contribution in [2.24, 2.45) is 10.4 Å². The van der Waals surface area contributed by atoms with E-state index in [0.29, 0.717) is 38.6 Å². The molecule has 1 amide bonds. The molecule has 1 aliphatic rings. The molecular formula is C15H29F3IN5O. The van der Waals surface area contributed by atoms with Crippen LogP contribution in [-0.2, 0) is 4.79 Å². The van der Waals surface area contributed by atoms with E-state index in [1.165, 1.54) is 4.90 Å². The van der Waals surface area contributed by atoms with Crippen LogP contribution < -0.4 is 16.0 Å². The van der Waals surface area contributed by atoms with Gasteiger partial charge in [0.15, 0.2) is 5.96 Å². The van der Waals surface area contributed by atoms with Crippen LogP contribution in [0, 0.1) is 5.41 Å². The summed E-state index contributed by atoms with van der Waals surface area (Å²) in [5.41, 5.74) is -0.439. The summed E-state index contributed by atoms with van der Waals surface area (Å²) >= 11 is 0. The number of likely N-dealkylation sites (tertiary alicyclic amines) is 1. The fourth-order valence-corrected chi connectivity index (χ4v) is 2.36. The fourth-order valence-electron chi connectivity index (χ4n) is 2.36. The third kappa shape index (κ3) is 10.1. The molecular weight excluding hydrogens is 450 g/mol. The Kier molecular flexibility index (Phi) is 10.1.